The number of hydrogen-bond donors (Lipinski definition) is 0. The van der Waals surface area contributed by atoms with Crippen molar-refractivity contribution in [2.75, 3.05) is 0 Å². The van der Waals surface area contributed by atoms with Gasteiger partial charge < -0.3 is 0 Å². The highest BCUT2D eigenvalue weighted by molar-refractivity contribution is 7.26. The molecule has 0 atom stereocenters. The van der Waals surface area contributed by atoms with E-state index in [1.165, 1.54) is 96.6 Å². The van der Waals surface area contributed by atoms with Crippen molar-refractivity contribution in [1.29, 1.82) is 0 Å². The van der Waals surface area contributed by atoms with Crippen molar-refractivity contribution in [3.05, 3.63) is 170 Å². The van der Waals surface area contributed by atoms with E-state index in [-0.39, 0.29) is 0 Å². The molecule has 1 aromatic heterocycles. The third kappa shape index (κ3) is 3.94. The summed E-state index contributed by atoms with van der Waals surface area (Å²) < 4.78 is 2.70. The number of hydrogen-bond acceptors (Lipinski definition) is 1. The van der Waals surface area contributed by atoms with E-state index in [0.717, 1.165) is 0 Å². The second-order valence-electron chi connectivity index (χ2n) is 12.4. The van der Waals surface area contributed by atoms with Gasteiger partial charge in [-0.25, -0.2) is 0 Å². The molecule has 0 N–H and O–H groups in total. The standard InChI is InChI=1S/C46H28S/c1-2-14-29(15-3-1)44-35-20-7-9-22-37(35)45(38-23-10-8-21-36(38)44)39-27-26-33(30-16-4-5-17-31(30)39)41-28-42-34-19-12-13-25-43(34)47-46(42)40-24-11-6-18-32(40)41/h1-28H. The zero-order chi connectivity index (χ0) is 30.9. The van der Waals surface area contributed by atoms with Crippen LogP contribution in [-0.4, -0.2) is 0 Å². The third-order valence-corrected chi connectivity index (χ3v) is 11.1. The Balaban J connectivity index is 1.31. The molecule has 0 radical (unpaired) electrons. The summed E-state index contributed by atoms with van der Waals surface area (Å²) in [6.45, 7) is 0. The third-order valence-electron chi connectivity index (χ3n) is 9.86. The maximum Gasteiger partial charge on any atom is 0.0434 e. The molecule has 0 nitrogen and oxygen atoms in total. The smallest absolute Gasteiger partial charge is 0.0434 e. The van der Waals surface area contributed by atoms with Crippen LogP contribution in [0.3, 0.4) is 0 Å². The van der Waals surface area contributed by atoms with Crippen LogP contribution < -0.4 is 0 Å². The Labute approximate surface area is 276 Å². The molecule has 0 fully saturated rings. The van der Waals surface area contributed by atoms with Gasteiger partial charge in [-0.1, -0.05) is 158 Å². The van der Waals surface area contributed by atoms with Gasteiger partial charge in [0.2, 0.25) is 0 Å². The van der Waals surface area contributed by atoms with E-state index >= 15 is 0 Å². The lowest BCUT2D eigenvalue weighted by Crippen LogP contribution is -1.92. The first kappa shape index (κ1) is 26.5. The van der Waals surface area contributed by atoms with Crippen molar-refractivity contribution in [1.82, 2.24) is 0 Å². The van der Waals surface area contributed by atoms with Gasteiger partial charge in [-0.2, -0.15) is 0 Å². The Morgan fingerprint density at radius 3 is 1.36 bits per heavy atom. The normalized spacial score (nSPS) is 11.8. The molecule has 0 spiro atoms. The summed E-state index contributed by atoms with van der Waals surface area (Å²) in [6, 6.07) is 62.6. The van der Waals surface area contributed by atoms with Crippen LogP contribution in [0, 0.1) is 0 Å². The van der Waals surface area contributed by atoms with Crippen LogP contribution in [0.15, 0.2) is 170 Å². The maximum absolute atomic E-state index is 2.44. The fourth-order valence-corrected chi connectivity index (χ4v) is 9.08. The second kappa shape index (κ2) is 10.4. The Hall–Kier alpha value is -5.76. The lowest BCUT2D eigenvalue weighted by Gasteiger charge is -2.20. The quantitative estimate of drug-likeness (QED) is 0.174. The highest BCUT2D eigenvalue weighted by atomic mass is 32.1. The SMILES string of the molecule is c1ccc(-c2c3ccccc3c(-c3ccc(-c4cc5c6ccccc6sc5c5ccccc45)c4ccccc34)c3ccccc23)cc1. The van der Waals surface area contributed by atoms with Gasteiger partial charge in [-0.15, -0.1) is 11.3 Å². The zero-order valence-electron chi connectivity index (χ0n) is 25.6. The molecule has 1 heterocycles. The Bertz CT molecular complexity index is 2780. The Morgan fingerprint density at radius 1 is 0.277 bits per heavy atom. The van der Waals surface area contributed by atoms with Gasteiger partial charge in [0.05, 0.1) is 0 Å². The zero-order valence-corrected chi connectivity index (χ0v) is 26.4. The molecule has 0 saturated carbocycles. The van der Waals surface area contributed by atoms with E-state index in [0.29, 0.717) is 0 Å². The Kier molecular flexibility index (Phi) is 5.85. The fraction of sp³-hybridized carbons (Fsp3) is 0. The molecule has 47 heavy (non-hydrogen) atoms. The molecule has 0 aliphatic carbocycles. The van der Waals surface area contributed by atoms with E-state index in [4.69, 9.17) is 0 Å². The summed E-state index contributed by atoms with van der Waals surface area (Å²) in [6.07, 6.45) is 0. The number of benzene rings is 9. The molecule has 0 unspecified atom stereocenters. The van der Waals surface area contributed by atoms with Crippen molar-refractivity contribution < 1.29 is 0 Å². The van der Waals surface area contributed by atoms with Gasteiger partial charge in [0.25, 0.3) is 0 Å². The maximum atomic E-state index is 2.44. The van der Waals surface area contributed by atoms with Gasteiger partial charge >= 0.3 is 0 Å². The predicted octanol–water partition coefficient (Wildman–Crippen LogP) is 13.7. The molecule has 10 aromatic rings. The van der Waals surface area contributed by atoms with Gasteiger partial charge in [0, 0.05) is 25.6 Å². The van der Waals surface area contributed by atoms with E-state index in [2.05, 4.69) is 170 Å². The van der Waals surface area contributed by atoms with Crippen LogP contribution in [0.5, 0.6) is 0 Å². The average molecular weight is 613 g/mol. The molecule has 218 valence electrons. The minimum atomic E-state index is 1.25. The average Bonchev–Trinajstić information content (AvgIpc) is 3.52. The molecule has 10 rings (SSSR count). The molecule has 0 aliphatic rings. The monoisotopic (exact) mass is 612 g/mol. The van der Waals surface area contributed by atoms with Crippen LogP contribution in [0.1, 0.15) is 0 Å². The Morgan fingerprint density at radius 2 is 0.723 bits per heavy atom. The molecule has 0 aliphatic heterocycles. The molecule has 9 aromatic carbocycles. The fourth-order valence-electron chi connectivity index (χ4n) is 7.86. The van der Waals surface area contributed by atoms with Crippen LogP contribution in [0.25, 0.3) is 96.6 Å². The molecule has 1 heteroatoms. The summed E-state index contributed by atoms with van der Waals surface area (Å²) in [4.78, 5) is 0. The van der Waals surface area contributed by atoms with Crippen molar-refractivity contribution in [2.45, 2.75) is 0 Å². The molecular weight excluding hydrogens is 585 g/mol. The number of thiophene rings is 1. The van der Waals surface area contributed by atoms with E-state index < -0.39 is 0 Å². The van der Waals surface area contributed by atoms with Crippen molar-refractivity contribution in [3.63, 3.8) is 0 Å². The highest BCUT2D eigenvalue weighted by Crippen LogP contribution is 2.48. The second-order valence-corrected chi connectivity index (χ2v) is 13.4. The van der Waals surface area contributed by atoms with E-state index in [9.17, 15) is 0 Å². The minimum Gasteiger partial charge on any atom is -0.135 e. The van der Waals surface area contributed by atoms with Gasteiger partial charge in [-0.3, -0.25) is 0 Å². The highest BCUT2D eigenvalue weighted by Gasteiger charge is 2.20. The summed E-state index contributed by atoms with van der Waals surface area (Å²) in [5, 5.41) is 12.9. The first-order valence-corrected chi connectivity index (χ1v) is 17.0. The molecule has 0 saturated heterocycles. The van der Waals surface area contributed by atoms with Gasteiger partial charge in [0.15, 0.2) is 0 Å². The lowest BCUT2D eigenvalue weighted by atomic mass is 9.83. The van der Waals surface area contributed by atoms with Gasteiger partial charge in [0.1, 0.15) is 0 Å². The first-order valence-electron chi connectivity index (χ1n) is 16.2. The summed E-state index contributed by atoms with van der Waals surface area (Å²) >= 11 is 1.90. The lowest BCUT2D eigenvalue weighted by molar-refractivity contribution is 1.66. The minimum absolute atomic E-state index is 1.25. The topological polar surface area (TPSA) is 0 Å². The molecular formula is C46H28S. The largest absolute Gasteiger partial charge is 0.135 e. The van der Waals surface area contributed by atoms with Crippen LogP contribution >= 0.6 is 11.3 Å². The van der Waals surface area contributed by atoms with E-state index in [1.54, 1.807) is 0 Å². The van der Waals surface area contributed by atoms with Crippen LogP contribution in [0.2, 0.25) is 0 Å². The first-order chi connectivity index (χ1) is 23.3. The van der Waals surface area contributed by atoms with E-state index in [1.807, 2.05) is 11.3 Å². The van der Waals surface area contributed by atoms with Gasteiger partial charge in [-0.05, 0) is 83.2 Å². The predicted molar refractivity (Wildman–Crippen MR) is 206 cm³/mol. The van der Waals surface area contributed by atoms with Crippen LogP contribution in [-0.2, 0) is 0 Å². The summed E-state index contributed by atoms with van der Waals surface area (Å²) in [7, 11) is 0. The number of rotatable bonds is 3. The molecule has 0 bridgehead atoms. The summed E-state index contributed by atoms with van der Waals surface area (Å²) in [5.74, 6) is 0. The molecule has 0 amide bonds. The van der Waals surface area contributed by atoms with Crippen molar-refractivity contribution in [3.8, 4) is 33.4 Å². The summed E-state index contributed by atoms with van der Waals surface area (Å²) in [5.41, 5.74) is 7.66. The van der Waals surface area contributed by atoms with Crippen molar-refractivity contribution in [2.24, 2.45) is 0 Å². The van der Waals surface area contributed by atoms with Crippen LogP contribution in [0.4, 0.5) is 0 Å². The number of fused-ring (bicyclic) bond motifs is 8. The van der Waals surface area contributed by atoms with Crippen molar-refractivity contribution >= 4 is 74.6 Å².